The van der Waals surface area contributed by atoms with Crippen LogP contribution in [0.5, 0.6) is 0 Å². The van der Waals surface area contributed by atoms with E-state index in [1.807, 2.05) is 29.6 Å². The molecule has 1 heterocycles. The highest BCUT2D eigenvalue weighted by Crippen LogP contribution is 2.21. The van der Waals surface area contributed by atoms with Crippen LogP contribution in [0.4, 0.5) is 0 Å². The molecule has 0 saturated carbocycles. The molecule has 1 atom stereocenters. The van der Waals surface area contributed by atoms with Gasteiger partial charge in [-0.05, 0) is 23.8 Å². The van der Waals surface area contributed by atoms with E-state index >= 15 is 0 Å². The molecule has 1 aromatic heterocycles. The Morgan fingerprint density at radius 2 is 2.30 bits per heavy atom. The van der Waals surface area contributed by atoms with Gasteiger partial charge in [-0.15, -0.1) is 11.3 Å². The van der Waals surface area contributed by atoms with Crippen LogP contribution in [0.3, 0.4) is 0 Å². The monoisotopic (exact) mass is 394 g/mol. The zero-order valence-electron chi connectivity index (χ0n) is 12.4. The second-order valence-corrected chi connectivity index (χ2v) is 6.44. The number of aromatic nitrogens is 1. The summed E-state index contributed by atoms with van der Waals surface area (Å²) in [6.07, 6.45) is 4.77. The number of esters is 1. The average molecular weight is 395 g/mol. The van der Waals surface area contributed by atoms with Crippen molar-refractivity contribution < 1.29 is 14.3 Å². The largest absolute Gasteiger partial charge is 0.469 e. The van der Waals surface area contributed by atoms with Crippen molar-refractivity contribution in [2.24, 2.45) is 0 Å². The van der Waals surface area contributed by atoms with Crippen LogP contribution in [0.1, 0.15) is 23.0 Å². The van der Waals surface area contributed by atoms with Crippen LogP contribution in [-0.4, -0.2) is 24.0 Å². The van der Waals surface area contributed by atoms with Gasteiger partial charge in [-0.3, -0.25) is 9.59 Å². The summed E-state index contributed by atoms with van der Waals surface area (Å²) >= 11 is 4.83. The predicted molar refractivity (Wildman–Crippen MR) is 92.8 cm³/mol. The highest BCUT2D eigenvalue weighted by atomic mass is 79.9. The Hall–Kier alpha value is -1.99. The number of nitrogens with one attached hydrogen (secondary N) is 1. The normalized spacial score (nSPS) is 12.1. The van der Waals surface area contributed by atoms with E-state index in [1.165, 1.54) is 24.5 Å². The molecule has 1 amide bonds. The summed E-state index contributed by atoms with van der Waals surface area (Å²) in [6, 6.07) is 6.97. The Morgan fingerprint density at radius 1 is 1.48 bits per heavy atom. The first-order valence-electron chi connectivity index (χ1n) is 6.79. The Bertz CT molecular complexity index is 701. The standard InChI is InChI=1S/C16H15BrN2O3S/c1-22-16(21)10-13(11-3-2-4-12(17)9-11)19-14(20)5-6-15-18-7-8-23-15/h2-9,13H,10H2,1H3,(H,19,20)/b6-5+. The van der Waals surface area contributed by atoms with Crippen LogP contribution in [0, 0.1) is 0 Å². The topological polar surface area (TPSA) is 68.3 Å². The lowest BCUT2D eigenvalue weighted by molar-refractivity contribution is -0.141. The minimum absolute atomic E-state index is 0.0593. The number of rotatable bonds is 6. The summed E-state index contributed by atoms with van der Waals surface area (Å²) in [4.78, 5) is 27.8. The number of benzene rings is 1. The van der Waals surface area contributed by atoms with Gasteiger partial charge < -0.3 is 10.1 Å². The number of hydrogen-bond acceptors (Lipinski definition) is 5. The van der Waals surface area contributed by atoms with Crippen molar-refractivity contribution in [3.8, 4) is 0 Å². The fourth-order valence-corrected chi connectivity index (χ4v) is 2.86. The van der Waals surface area contributed by atoms with Gasteiger partial charge in [-0.2, -0.15) is 0 Å². The first kappa shape index (κ1) is 17.4. The lowest BCUT2D eigenvalue weighted by atomic mass is 10.0. The molecule has 0 radical (unpaired) electrons. The summed E-state index contributed by atoms with van der Waals surface area (Å²) in [7, 11) is 1.32. The zero-order valence-corrected chi connectivity index (χ0v) is 14.8. The Kier molecular flexibility index (Phi) is 6.49. The van der Waals surface area contributed by atoms with E-state index < -0.39 is 6.04 Å². The molecule has 0 spiro atoms. The number of amides is 1. The molecule has 1 aromatic carbocycles. The third-order valence-corrected chi connectivity index (χ3v) is 4.23. The van der Waals surface area contributed by atoms with Gasteiger partial charge in [-0.1, -0.05) is 28.1 Å². The second-order valence-electron chi connectivity index (χ2n) is 4.60. The minimum Gasteiger partial charge on any atom is -0.469 e. The summed E-state index contributed by atoms with van der Waals surface area (Å²) < 4.78 is 5.58. The molecule has 0 saturated heterocycles. The number of methoxy groups -OCH3 is 1. The predicted octanol–water partition coefficient (Wildman–Crippen LogP) is 3.34. The van der Waals surface area contributed by atoms with Crippen LogP contribution in [-0.2, 0) is 14.3 Å². The zero-order chi connectivity index (χ0) is 16.7. The quantitative estimate of drug-likeness (QED) is 0.602. The van der Waals surface area contributed by atoms with Gasteiger partial charge >= 0.3 is 5.97 Å². The van der Waals surface area contributed by atoms with Crippen molar-refractivity contribution >= 4 is 45.2 Å². The molecular weight excluding hydrogens is 380 g/mol. The molecule has 0 aliphatic carbocycles. The highest BCUT2D eigenvalue weighted by Gasteiger charge is 2.18. The van der Waals surface area contributed by atoms with Crippen LogP contribution in [0.25, 0.3) is 6.08 Å². The Balaban J connectivity index is 2.10. The lowest BCUT2D eigenvalue weighted by Gasteiger charge is -2.17. The molecule has 1 N–H and O–H groups in total. The molecule has 0 fully saturated rings. The number of halogens is 1. The van der Waals surface area contributed by atoms with Crippen LogP contribution in [0.2, 0.25) is 0 Å². The molecule has 2 rings (SSSR count). The summed E-state index contributed by atoms with van der Waals surface area (Å²) in [6.45, 7) is 0. The van der Waals surface area contributed by atoms with E-state index in [1.54, 1.807) is 12.3 Å². The van der Waals surface area contributed by atoms with E-state index in [0.29, 0.717) is 0 Å². The van der Waals surface area contributed by atoms with Crippen molar-refractivity contribution in [3.63, 3.8) is 0 Å². The number of carbonyl (C=O) groups excluding carboxylic acids is 2. The second kappa shape index (κ2) is 8.59. The van der Waals surface area contributed by atoms with Gasteiger partial charge in [0.25, 0.3) is 0 Å². The Labute approximate surface area is 146 Å². The molecule has 23 heavy (non-hydrogen) atoms. The SMILES string of the molecule is COC(=O)CC(NC(=O)/C=C/c1nccs1)c1cccc(Br)c1. The molecule has 0 aliphatic heterocycles. The van der Waals surface area contributed by atoms with E-state index in [9.17, 15) is 9.59 Å². The summed E-state index contributed by atoms with van der Waals surface area (Å²) in [5, 5.41) is 5.39. The van der Waals surface area contributed by atoms with Gasteiger partial charge in [0.15, 0.2) is 0 Å². The van der Waals surface area contributed by atoms with E-state index in [0.717, 1.165) is 15.0 Å². The molecule has 7 heteroatoms. The van der Waals surface area contributed by atoms with E-state index in [4.69, 9.17) is 4.74 Å². The number of ether oxygens (including phenoxy) is 1. The average Bonchev–Trinajstić information content (AvgIpc) is 3.05. The lowest BCUT2D eigenvalue weighted by Crippen LogP contribution is -2.29. The smallest absolute Gasteiger partial charge is 0.307 e. The van der Waals surface area contributed by atoms with E-state index in [2.05, 4.69) is 26.2 Å². The van der Waals surface area contributed by atoms with Gasteiger partial charge in [0.2, 0.25) is 5.91 Å². The number of hydrogen-bond donors (Lipinski definition) is 1. The summed E-state index contributed by atoms with van der Waals surface area (Å²) in [5.41, 5.74) is 0.820. The van der Waals surface area contributed by atoms with Crippen molar-refractivity contribution in [1.29, 1.82) is 0 Å². The number of nitrogens with zero attached hydrogens (tertiary/aromatic N) is 1. The Morgan fingerprint density at radius 3 is 2.96 bits per heavy atom. The first-order chi connectivity index (χ1) is 11.1. The fraction of sp³-hybridized carbons (Fsp3) is 0.188. The van der Waals surface area contributed by atoms with Crippen LogP contribution in [0.15, 0.2) is 46.4 Å². The highest BCUT2D eigenvalue weighted by molar-refractivity contribution is 9.10. The van der Waals surface area contributed by atoms with Crippen molar-refractivity contribution in [2.45, 2.75) is 12.5 Å². The molecule has 1 unspecified atom stereocenters. The third kappa shape index (κ3) is 5.61. The van der Waals surface area contributed by atoms with Gasteiger partial charge in [-0.25, -0.2) is 4.98 Å². The molecular formula is C16H15BrN2O3S. The number of thiazole rings is 1. The van der Waals surface area contributed by atoms with Gasteiger partial charge in [0.05, 0.1) is 19.6 Å². The maximum Gasteiger partial charge on any atom is 0.307 e. The minimum atomic E-state index is -0.464. The van der Waals surface area contributed by atoms with Gasteiger partial charge in [0.1, 0.15) is 5.01 Å². The van der Waals surface area contributed by atoms with Crippen molar-refractivity contribution in [2.75, 3.05) is 7.11 Å². The number of carbonyl (C=O) groups is 2. The van der Waals surface area contributed by atoms with Crippen LogP contribution < -0.4 is 5.32 Å². The first-order valence-corrected chi connectivity index (χ1v) is 8.46. The maximum absolute atomic E-state index is 12.1. The summed E-state index contributed by atoms with van der Waals surface area (Å²) in [5.74, 6) is -0.687. The van der Waals surface area contributed by atoms with Crippen LogP contribution >= 0.6 is 27.3 Å². The molecule has 120 valence electrons. The maximum atomic E-state index is 12.1. The third-order valence-electron chi connectivity index (χ3n) is 2.99. The van der Waals surface area contributed by atoms with Crippen molar-refractivity contribution in [3.05, 3.63) is 57.0 Å². The molecule has 5 nitrogen and oxygen atoms in total. The molecule has 0 aliphatic rings. The van der Waals surface area contributed by atoms with E-state index in [-0.39, 0.29) is 18.3 Å². The molecule has 0 bridgehead atoms. The van der Waals surface area contributed by atoms with Crippen molar-refractivity contribution in [1.82, 2.24) is 10.3 Å². The molecule has 2 aromatic rings. The van der Waals surface area contributed by atoms with Gasteiger partial charge in [0, 0.05) is 22.1 Å². The fourth-order valence-electron chi connectivity index (χ4n) is 1.91.